The molecule has 0 aliphatic rings. The molecule has 0 aliphatic heterocycles. The van der Waals surface area contributed by atoms with Crippen LogP contribution in [0.25, 0.3) is 0 Å². The topological polar surface area (TPSA) is 20.2 Å². The van der Waals surface area contributed by atoms with Crippen molar-refractivity contribution >= 4 is 0 Å². The van der Waals surface area contributed by atoms with Crippen LogP contribution in [0, 0.1) is 30.4 Å². The largest absolute Gasteiger partial charge is 0.395 e. The second-order valence-corrected chi connectivity index (χ2v) is 2.83. The van der Waals surface area contributed by atoms with Gasteiger partial charge in [0, 0.05) is 6.42 Å². The van der Waals surface area contributed by atoms with Gasteiger partial charge < -0.3 is 5.11 Å². The summed E-state index contributed by atoms with van der Waals surface area (Å²) in [5.41, 5.74) is 0.289. The number of hydrogen-bond acceptors (Lipinski definition) is 1. The van der Waals surface area contributed by atoms with Gasteiger partial charge in [-0.2, -0.15) is 0 Å². The minimum atomic E-state index is -0.921. The molecule has 0 saturated heterocycles. The lowest BCUT2D eigenvalue weighted by Crippen LogP contribution is -1.93. The van der Waals surface area contributed by atoms with Crippen molar-refractivity contribution in [3.8, 4) is 11.8 Å². The van der Waals surface area contributed by atoms with Crippen LogP contribution in [0.3, 0.4) is 0 Å². The molecular formula is C11H10F2O. The minimum absolute atomic E-state index is 0.0292. The Kier molecular flexibility index (Phi) is 3.61. The summed E-state index contributed by atoms with van der Waals surface area (Å²) in [6, 6.07) is 2.90. The van der Waals surface area contributed by atoms with Crippen LogP contribution in [-0.2, 0) is 0 Å². The molecule has 0 spiro atoms. The first-order chi connectivity index (χ1) is 6.66. The predicted molar refractivity (Wildman–Crippen MR) is 49.7 cm³/mol. The zero-order valence-electron chi connectivity index (χ0n) is 7.77. The Morgan fingerprint density at radius 3 is 2.64 bits per heavy atom. The van der Waals surface area contributed by atoms with E-state index in [0.29, 0.717) is 0 Å². The second kappa shape index (κ2) is 4.73. The fourth-order valence-corrected chi connectivity index (χ4v) is 0.956. The van der Waals surface area contributed by atoms with E-state index in [1.54, 1.807) is 0 Å². The SMILES string of the molecule is Cc1ccc(C#CCCO)c(F)c1F. The molecule has 3 heteroatoms. The lowest BCUT2D eigenvalue weighted by Gasteiger charge is -1.99. The van der Waals surface area contributed by atoms with E-state index >= 15 is 0 Å². The second-order valence-electron chi connectivity index (χ2n) is 2.83. The van der Waals surface area contributed by atoms with Gasteiger partial charge in [-0.05, 0) is 18.6 Å². The Hall–Kier alpha value is -1.40. The van der Waals surface area contributed by atoms with E-state index in [9.17, 15) is 8.78 Å². The molecule has 1 rings (SSSR count). The van der Waals surface area contributed by atoms with Crippen LogP contribution >= 0.6 is 0 Å². The summed E-state index contributed by atoms with van der Waals surface area (Å²) in [6.07, 6.45) is 0.259. The van der Waals surface area contributed by atoms with Gasteiger partial charge in [-0.3, -0.25) is 0 Å². The Balaban J connectivity index is 3.02. The van der Waals surface area contributed by atoms with Crippen molar-refractivity contribution < 1.29 is 13.9 Å². The highest BCUT2D eigenvalue weighted by molar-refractivity contribution is 5.38. The van der Waals surface area contributed by atoms with Gasteiger partial charge in [-0.25, -0.2) is 8.78 Å². The third kappa shape index (κ3) is 2.30. The lowest BCUT2D eigenvalue weighted by atomic mass is 10.1. The maximum absolute atomic E-state index is 13.1. The van der Waals surface area contributed by atoms with Crippen LogP contribution in [0.4, 0.5) is 8.78 Å². The van der Waals surface area contributed by atoms with Crippen molar-refractivity contribution in [1.82, 2.24) is 0 Å². The molecule has 0 bridgehead atoms. The molecule has 0 saturated carbocycles. The number of halogens is 2. The van der Waals surface area contributed by atoms with E-state index in [1.165, 1.54) is 19.1 Å². The molecule has 1 N–H and O–H groups in total. The fraction of sp³-hybridized carbons (Fsp3) is 0.273. The molecule has 0 heterocycles. The molecule has 0 atom stereocenters. The third-order valence-corrected chi connectivity index (χ3v) is 1.74. The van der Waals surface area contributed by atoms with Gasteiger partial charge in [-0.1, -0.05) is 17.9 Å². The van der Waals surface area contributed by atoms with E-state index < -0.39 is 11.6 Å². The molecule has 0 unspecified atom stereocenters. The summed E-state index contributed by atoms with van der Waals surface area (Å²) < 4.78 is 26.2. The first kappa shape index (κ1) is 10.7. The Morgan fingerprint density at radius 1 is 1.29 bits per heavy atom. The van der Waals surface area contributed by atoms with Crippen LogP contribution in [0.15, 0.2) is 12.1 Å². The Bertz CT molecular complexity index is 388. The minimum Gasteiger partial charge on any atom is -0.395 e. The van der Waals surface area contributed by atoms with Gasteiger partial charge in [0.05, 0.1) is 12.2 Å². The molecule has 74 valence electrons. The molecular weight excluding hydrogens is 186 g/mol. The molecule has 1 aromatic rings. The number of aryl methyl sites for hydroxylation is 1. The van der Waals surface area contributed by atoms with E-state index in [-0.39, 0.29) is 24.2 Å². The summed E-state index contributed by atoms with van der Waals surface area (Å²) in [4.78, 5) is 0. The van der Waals surface area contributed by atoms with Crippen molar-refractivity contribution in [1.29, 1.82) is 0 Å². The van der Waals surface area contributed by atoms with Crippen molar-refractivity contribution in [3.63, 3.8) is 0 Å². The average Bonchev–Trinajstić information content (AvgIpc) is 2.18. The Morgan fingerprint density at radius 2 is 2.00 bits per heavy atom. The maximum Gasteiger partial charge on any atom is 0.174 e. The summed E-state index contributed by atoms with van der Waals surface area (Å²) >= 11 is 0. The molecule has 0 aromatic heterocycles. The van der Waals surface area contributed by atoms with E-state index in [4.69, 9.17) is 5.11 Å². The lowest BCUT2D eigenvalue weighted by molar-refractivity contribution is 0.305. The molecule has 0 fully saturated rings. The first-order valence-electron chi connectivity index (χ1n) is 4.21. The van der Waals surface area contributed by atoms with E-state index in [0.717, 1.165) is 0 Å². The molecule has 0 amide bonds. The summed E-state index contributed by atoms with van der Waals surface area (Å²) in [6.45, 7) is 1.41. The zero-order chi connectivity index (χ0) is 10.6. The standard InChI is InChI=1S/C11H10F2O/c1-8-5-6-9(4-2-3-7-14)11(13)10(8)12/h5-6,14H,3,7H2,1H3. The van der Waals surface area contributed by atoms with Gasteiger partial charge in [0.15, 0.2) is 11.6 Å². The fourth-order valence-electron chi connectivity index (χ4n) is 0.956. The number of aliphatic hydroxyl groups excluding tert-OH is 1. The normalized spacial score (nSPS) is 9.43. The zero-order valence-corrected chi connectivity index (χ0v) is 7.77. The van der Waals surface area contributed by atoms with Crippen LogP contribution < -0.4 is 0 Å². The number of rotatable bonds is 1. The number of benzene rings is 1. The third-order valence-electron chi connectivity index (χ3n) is 1.74. The van der Waals surface area contributed by atoms with E-state index in [2.05, 4.69) is 11.8 Å². The molecule has 14 heavy (non-hydrogen) atoms. The molecule has 1 nitrogen and oxygen atoms in total. The monoisotopic (exact) mass is 196 g/mol. The molecule has 0 radical (unpaired) electrons. The van der Waals surface area contributed by atoms with Gasteiger partial charge in [0.2, 0.25) is 0 Å². The highest BCUT2D eigenvalue weighted by Crippen LogP contribution is 2.14. The van der Waals surface area contributed by atoms with Crippen LogP contribution in [0.5, 0.6) is 0 Å². The van der Waals surface area contributed by atoms with Crippen molar-refractivity contribution in [2.75, 3.05) is 6.61 Å². The van der Waals surface area contributed by atoms with Crippen LogP contribution in [-0.4, -0.2) is 11.7 Å². The smallest absolute Gasteiger partial charge is 0.174 e. The average molecular weight is 196 g/mol. The highest BCUT2D eigenvalue weighted by Gasteiger charge is 2.08. The summed E-state index contributed by atoms with van der Waals surface area (Å²) in [5.74, 6) is 3.21. The van der Waals surface area contributed by atoms with Gasteiger partial charge in [0.1, 0.15) is 0 Å². The van der Waals surface area contributed by atoms with Gasteiger partial charge in [0.25, 0.3) is 0 Å². The summed E-state index contributed by atoms with van der Waals surface area (Å²) in [5, 5.41) is 8.44. The van der Waals surface area contributed by atoms with Crippen LogP contribution in [0.1, 0.15) is 17.5 Å². The maximum atomic E-state index is 13.1. The predicted octanol–water partition coefficient (Wildman–Crippen LogP) is 2.01. The van der Waals surface area contributed by atoms with E-state index in [1.807, 2.05) is 0 Å². The highest BCUT2D eigenvalue weighted by atomic mass is 19.2. The number of aliphatic hydroxyl groups is 1. The van der Waals surface area contributed by atoms with Crippen LogP contribution in [0.2, 0.25) is 0 Å². The molecule has 0 aliphatic carbocycles. The summed E-state index contributed by atoms with van der Waals surface area (Å²) in [7, 11) is 0. The van der Waals surface area contributed by atoms with Crippen molar-refractivity contribution in [3.05, 3.63) is 34.9 Å². The van der Waals surface area contributed by atoms with Crippen molar-refractivity contribution in [2.45, 2.75) is 13.3 Å². The Labute approximate surface area is 81.4 Å². The van der Waals surface area contributed by atoms with Crippen molar-refractivity contribution in [2.24, 2.45) is 0 Å². The molecule has 1 aromatic carbocycles. The quantitative estimate of drug-likeness (QED) is 0.681. The number of hydrogen-bond donors (Lipinski definition) is 1. The van der Waals surface area contributed by atoms with Gasteiger partial charge >= 0.3 is 0 Å². The van der Waals surface area contributed by atoms with Gasteiger partial charge in [-0.15, -0.1) is 0 Å². The first-order valence-corrected chi connectivity index (χ1v) is 4.21.